The highest BCUT2D eigenvalue weighted by Crippen LogP contribution is 2.33. The van der Waals surface area contributed by atoms with E-state index in [0.717, 1.165) is 30.4 Å². The molecule has 0 atom stereocenters. The molecule has 8 heteroatoms. The van der Waals surface area contributed by atoms with E-state index < -0.39 is 9.84 Å². The van der Waals surface area contributed by atoms with Crippen LogP contribution in [0.2, 0.25) is 0 Å². The minimum atomic E-state index is -3.24. The van der Waals surface area contributed by atoms with Crippen LogP contribution in [0.4, 0.5) is 5.13 Å². The fraction of sp³-hybridized carbons (Fsp3) is 0.273. The SMILES string of the molecule is C=CCN(C(=O)c1csc2c1CCCC2)c1nc(-c2ccc(S(C)(=O)=O)cc2)cs1. The van der Waals surface area contributed by atoms with Crippen molar-refractivity contribution in [3.05, 3.63) is 63.7 Å². The van der Waals surface area contributed by atoms with Crippen LogP contribution in [-0.4, -0.2) is 32.1 Å². The van der Waals surface area contributed by atoms with Crippen molar-refractivity contribution in [3.8, 4) is 11.3 Å². The van der Waals surface area contributed by atoms with Gasteiger partial charge < -0.3 is 0 Å². The zero-order chi connectivity index (χ0) is 21.3. The Morgan fingerprint density at radius 2 is 1.90 bits per heavy atom. The van der Waals surface area contributed by atoms with E-state index in [1.807, 2.05) is 10.8 Å². The summed E-state index contributed by atoms with van der Waals surface area (Å²) in [6.45, 7) is 4.18. The van der Waals surface area contributed by atoms with Crippen molar-refractivity contribution in [2.45, 2.75) is 30.6 Å². The number of sulfone groups is 1. The minimum Gasteiger partial charge on any atom is -0.280 e. The molecule has 4 rings (SSSR count). The molecule has 1 aliphatic carbocycles. The maximum Gasteiger partial charge on any atom is 0.261 e. The van der Waals surface area contributed by atoms with E-state index in [2.05, 4.69) is 11.6 Å². The lowest BCUT2D eigenvalue weighted by Gasteiger charge is -2.19. The smallest absolute Gasteiger partial charge is 0.261 e. The molecule has 0 N–H and O–H groups in total. The number of thiophene rings is 1. The van der Waals surface area contributed by atoms with Gasteiger partial charge in [0.2, 0.25) is 0 Å². The van der Waals surface area contributed by atoms with Crippen LogP contribution in [0.3, 0.4) is 0 Å². The molecule has 0 unspecified atom stereocenters. The van der Waals surface area contributed by atoms with Crippen molar-refractivity contribution in [1.29, 1.82) is 0 Å². The molecule has 2 heterocycles. The number of anilines is 1. The van der Waals surface area contributed by atoms with Crippen molar-refractivity contribution in [2.75, 3.05) is 17.7 Å². The third-order valence-electron chi connectivity index (χ3n) is 5.15. The van der Waals surface area contributed by atoms with Gasteiger partial charge in [0.05, 0.1) is 16.2 Å². The highest BCUT2D eigenvalue weighted by atomic mass is 32.2. The Morgan fingerprint density at radius 1 is 1.17 bits per heavy atom. The summed E-state index contributed by atoms with van der Waals surface area (Å²) in [7, 11) is -3.24. The Morgan fingerprint density at radius 3 is 2.60 bits per heavy atom. The van der Waals surface area contributed by atoms with Gasteiger partial charge in [-0.15, -0.1) is 29.3 Å². The van der Waals surface area contributed by atoms with E-state index in [1.165, 1.54) is 34.5 Å². The Bertz CT molecular complexity index is 1190. The van der Waals surface area contributed by atoms with E-state index in [0.29, 0.717) is 17.4 Å². The molecular formula is C22H22N2O3S3. The van der Waals surface area contributed by atoms with Crippen molar-refractivity contribution in [1.82, 2.24) is 4.98 Å². The maximum atomic E-state index is 13.4. The topological polar surface area (TPSA) is 67.3 Å². The Hall–Kier alpha value is -2.29. The van der Waals surface area contributed by atoms with Gasteiger partial charge in [0.15, 0.2) is 15.0 Å². The first-order valence-electron chi connectivity index (χ1n) is 9.66. The number of aryl methyl sites for hydroxylation is 1. The first-order chi connectivity index (χ1) is 14.4. The van der Waals surface area contributed by atoms with Crippen LogP contribution in [0.5, 0.6) is 0 Å². The van der Waals surface area contributed by atoms with Gasteiger partial charge in [-0.05, 0) is 43.4 Å². The lowest BCUT2D eigenvalue weighted by molar-refractivity contribution is 0.0989. The average molecular weight is 459 g/mol. The fourth-order valence-corrected chi connectivity index (χ4v) is 6.18. The molecule has 0 aliphatic heterocycles. The largest absolute Gasteiger partial charge is 0.280 e. The average Bonchev–Trinajstić information content (AvgIpc) is 3.38. The third-order valence-corrected chi connectivity index (χ3v) is 8.23. The lowest BCUT2D eigenvalue weighted by Crippen LogP contribution is -2.31. The lowest BCUT2D eigenvalue weighted by atomic mass is 9.95. The molecule has 0 bridgehead atoms. The number of aromatic nitrogens is 1. The number of thiazole rings is 1. The van der Waals surface area contributed by atoms with Gasteiger partial charge in [0.1, 0.15) is 0 Å². The van der Waals surface area contributed by atoms with Crippen LogP contribution in [0.15, 0.2) is 52.6 Å². The monoisotopic (exact) mass is 458 g/mol. The van der Waals surface area contributed by atoms with Crippen molar-refractivity contribution < 1.29 is 13.2 Å². The van der Waals surface area contributed by atoms with E-state index >= 15 is 0 Å². The van der Waals surface area contributed by atoms with E-state index in [1.54, 1.807) is 46.6 Å². The van der Waals surface area contributed by atoms with Gasteiger partial charge in [0.25, 0.3) is 5.91 Å². The molecule has 0 saturated carbocycles. The van der Waals surface area contributed by atoms with Gasteiger partial charge in [0, 0.05) is 34.0 Å². The first kappa shape index (κ1) is 21.0. The summed E-state index contributed by atoms with van der Waals surface area (Å²) < 4.78 is 23.3. The molecule has 1 aliphatic rings. The third kappa shape index (κ3) is 4.12. The molecule has 1 amide bonds. The molecule has 1 aromatic carbocycles. The van der Waals surface area contributed by atoms with Gasteiger partial charge in [-0.1, -0.05) is 18.2 Å². The molecule has 0 spiro atoms. The predicted molar refractivity (Wildman–Crippen MR) is 123 cm³/mol. The van der Waals surface area contributed by atoms with Gasteiger partial charge in [-0.2, -0.15) is 0 Å². The van der Waals surface area contributed by atoms with E-state index in [4.69, 9.17) is 0 Å². The minimum absolute atomic E-state index is 0.0392. The first-order valence-corrected chi connectivity index (χ1v) is 13.3. The summed E-state index contributed by atoms with van der Waals surface area (Å²) in [5.74, 6) is -0.0392. The summed E-state index contributed by atoms with van der Waals surface area (Å²) in [6.07, 6.45) is 7.21. The second-order valence-electron chi connectivity index (χ2n) is 7.27. The zero-order valence-corrected chi connectivity index (χ0v) is 19.1. The number of carbonyl (C=O) groups is 1. The predicted octanol–water partition coefficient (Wildman–Crippen LogP) is 4.99. The number of amides is 1. The van der Waals surface area contributed by atoms with Crippen LogP contribution in [-0.2, 0) is 22.7 Å². The Balaban J connectivity index is 1.63. The van der Waals surface area contributed by atoms with E-state index in [-0.39, 0.29) is 10.8 Å². The highest BCUT2D eigenvalue weighted by Gasteiger charge is 2.26. The van der Waals surface area contributed by atoms with Gasteiger partial charge in [-0.3, -0.25) is 9.69 Å². The number of hydrogen-bond acceptors (Lipinski definition) is 6. The molecule has 2 aromatic heterocycles. The summed E-state index contributed by atoms with van der Waals surface area (Å²) in [5, 5.41) is 4.47. The number of fused-ring (bicyclic) bond motifs is 1. The number of nitrogens with zero attached hydrogens (tertiary/aromatic N) is 2. The van der Waals surface area contributed by atoms with Gasteiger partial charge in [-0.25, -0.2) is 13.4 Å². The number of hydrogen-bond donors (Lipinski definition) is 0. The van der Waals surface area contributed by atoms with Crippen molar-refractivity contribution in [2.24, 2.45) is 0 Å². The second kappa shape index (κ2) is 8.45. The van der Waals surface area contributed by atoms with E-state index in [9.17, 15) is 13.2 Å². The molecule has 0 saturated heterocycles. The molecule has 5 nitrogen and oxygen atoms in total. The second-order valence-corrected chi connectivity index (χ2v) is 11.1. The quantitative estimate of drug-likeness (QED) is 0.488. The van der Waals surface area contributed by atoms with Crippen LogP contribution in [0.1, 0.15) is 33.6 Å². The van der Waals surface area contributed by atoms with Crippen LogP contribution in [0.25, 0.3) is 11.3 Å². The molecule has 0 fully saturated rings. The summed E-state index contributed by atoms with van der Waals surface area (Å²) in [4.78, 5) is 21.3. The number of carbonyl (C=O) groups excluding carboxylic acids is 1. The summed E-state index contributed by atoms with van der Waals surface area (Å²) in [6, 6.07) is 6.64. The van der Waals surface area contributed by atoms with Crippen molar-refractivity contribution >= 4 is 43.5 Å². The summed E-state index contributed by atoms with van der Waals surface area (Å²) in [5.41, 5.74) is 3.50. The molecule has 156 valence electrons. The Kier molecular flexibility index (Phi) is 5.90. The molecule has 3 aromatic rings. The van der Waals surface area contributed by atoms with Crippen LogP contribution in [0, 0.1) is 0 Å². The normalized spacial score (nSPS) is 13.6. The maximum absolute atomic E-state index is 13.4. The Labute approximate surface area is 184 Å². The fourth-order valence-electron chi connectivity index (χ4n) is 3.59. The van der Waals surface area contributed by atoms with Crippen molar-refractivity contribution in [3.63, 3.8) is 0 Å². The number of benzene rings is 1. The summed E-state index contributed by atoms with van der Waals surface area (Å²) >= 11 is 3.07. The highest BCUT2D eigenvalue weighted by molar-refractivity contribution is 7.90. The molecular weight excluding hydrogens is 436 g/mol. The van der Waals surface area contributed by atoms with Crippen LogP contribution < -0.4 is 4.90 Å². The zero-order valence-electron chi connectivity index (χ0n) is 16.6. The number of rotatable bonds is 6. The molecule has 0 radical (unpaired) electrons. The van der Waals surface area contributed by atoms with Crippen LogP contribution >= 0.6 is 22.7 Å². The standard InChI is InChI=1S/C22H22N2O3S3/c1-3-12-24(21(25)18-13-28-20-7-5-4-6-17(18)20)22-23-19(14-29-22)15-8-10-16(11-9-15)30(2,26)27/h3,8-11,13-14H,1,4-7,12H2,2H3. The molecule has 30 heavy (non-hydrogen) atoms. The van der Waals surface area contributed by atoms with Gasteiger partial charge >= 0.3 is 0 Å².